The zero-order chi connectivity index (χ0) is 31.1. The summed E-state index contributed by atoms with van der Waals surface area (Å²) in [7, 11) is 0. The Morgan fingerprint density at radius 3 is 2.58 bits per heavy atom. The van der Waals surface area contributed by atoms with E-state index in [-0.39, 0.29) is 46.9 Å². The fourth-order valence-electron chi connectivity index (χ4n) is 8.01. The third-order valence-corrected chi connectivity index (χ3v) is 10.3. The number of hydrogen-bond acceptors (Lipinski definition) is 9. The highest BCUT2D eigenvalue weighted by Crippen LogP contribution is 2.41. The Balaban J connectivity index is 1.25. The van der Waals surface area contributed by atoms with Crippen LogP contribution in [0.3, 0.4) is 0 Å². The van der Waals surface area contributed by atoms with Crippen molar-refractivity contribution in [1.82, 2.24) is 29.7 Å². The van der Waals surface area contributed by atoms with Crippen LogP contribution in [-0.4, -0.2) is 92.8 Å². The molecule has 0 spiro atoms. The fraction of sp³-hybridized carbons (Fsp3) is 0.618. The van der Waals surface area contributed by atoms with Crippen LogP contribution in [0.2, 0.25) is 0 Å². The number of hydrogen-bond donors (Lipinski definition) is 0. The SMILES string of the molecule is CCCCOC(=O)N1[C@@H]2CC[C@H]1CN(c1nc(OCC34CCCN3CCC4)nc3c(F)c(-c4cccnc4C(C)C)ncc13)C2. The molecule has 11 heteroatoms. The molecule has 0 aliphatic carbocycles. The molecule has 0 aromatic carbocycles. The number of rotatable bonds is 9. The van der Waals surface area contributed by atoms with E-state index in [2.05, 4.69) is 26.7 Å². The molecule has 2 atom stereocenters. The fourth-order valence-corrected chi connectivity index (χ4v) is 8.01. The van der Waals surface area contributed by atoms with E-state index >= 15 is 4.39 Å². The molecular weight excluding hydrogens is 573 g/mol. The van der Waals surface area contributed by atoms with Crippen molar-refractivity contribution in [3.63, 3.8) is 0 Å². The Morgan fingerprint density at radius 2 is 1.87 bits per heavy atom. The van der Waals surface area contributed by atoms with Crippen molar-refractivity contribution in [2.75, 3.05) is 44.3 Å². The highest BCUT2D eigenvalue weighted by molar-refractivity contribution is 5.92. The molecule has 4 saturated heterocycles. The summed E-state index contributed by atoms with van der Waals surface area (Å²) in [6.07, 6.45) is 11.3. The molecule has 4 fully saturated rings. The van der Waals surface area contributed by atoms with Gasteiger partial charge in [0.1, 0.15) is 23.6 Å². The van der Waals surface area contributed by atoms with Gasteiger partial charge < -0.3 is 14.4 Å². The van der Waals surface area contributed by atoms with Gasteiger partial charge in [-0.05, 0) is 76.1 Å². The number of nitrogens with zero attached hydrogens (tertiary/aromatic N) is 7. The number of carbonyl (C=O) groups is 1. The molecule has 0 N–H and O–H groups in total. The number of pyridine rings is 2. The van der Waals surface area contributed by atoms with Crippen LogP contribution in [-0.2, 0) is 4.74 Å². The number of carbonyl (C=O) groups excluding carboxylic acids is 1. The molecule has 3 aromatic rings. The van der Waals surface area contributed by atoms with Gasteiger partial charge in [0.15, 0.2) is 5.82 Å². The molecule has 3 aromatic heterocycles. The van der Waals surface area contributed by atoms with Crippen LogP contribution in [0.25, 0.3) is 22.2 Å². The van der Waals surface area contributed by atoms with Gasteiger partial charge in [0.25, 0.3) is 0 Å². The first-order valence-electron chi connectivity index (χ1n) is 16.8. The summed E-state index contributed by atoms with van der Waals surface area (Å²) >= 11 is 0. The van der Waals surface area contributed by atoms with Crippen LogP contribution < -0.4 is 9.64 Å². The largest absolute Gasteiger partial charge is 0.461 e. The van der Waals surface area contributed by atoms with Crippen LogP contribution in [0.1, 0.15) is 83.7 Å². The number of fused-ring (bicyclic) bond motifs is 4. The van der Waals surface area contributed by atoms with Crippen molar-refractivity contribution >= 4 is 22.8 Å². The van der Waals surface area contributed by atoms with Crippen LogP contribution in [0, 0.1) is 5.82 Å². The van der Waals surface area contributed by atoms with Crippen molar-refractivity contribution in [2.24, 2.45) is 0 Å². The van der Waals surface area contributed by atoms with E-state index in [1.165, 1.54) is 0 Å². The van der Waals surface area contributed by atoms with Gasteiger partial charge in [-0.1, -0.05) is 27.2 Å². The van der Waals surface area contributed by atoms with Crippen LogP contribution in [0.5, 0.6) is 6.01 Å². The minimum Gasteiger partial charge on any atom is -0.461 e. The average molecular weight is 618 g/mol. The molecule has 7 heterocycles. The molecule has 0 radical (unpaired) electrons. The average Bonchev–Trinajstić information content (AvgIpc) is 3.70. The van der Waals surface area contributed by atoms with E-state index in [0.29, 0.717) is 43.1 Å². The van der Waals surface area contributed by atoms with Crippen molar-refractivity contribution in [1.29, 1.82) is 0 Å². The Labute approximate surface area is 264 Å². The first kappa shape index (κ1) is 30.1. The van der Waals surface area contributed by atoms with Crippen molar-refractivity contribution in [2.45, 2.75) is 95.7 Å². The van der Waals surface area contributed by atoms with Gasteiger partial charge in [-0.3, -0.25) is 19.8 Å². The third kappa shape index (κ3) is 5.47. The quantitative estimate of drug-likeness (QED) is 0.270. The van der Waals surface area contributed by atoms with Gasteiger partial charge in [0.2, 0.25) is 0 Å². The van der Waals surface area contributed by atoms with E-state index in [0.717, 1.165) is 70.2 Å². The highest BCUT2D eigenvalue weighted by atomic mass is 19.1. The van der Waals surface area contributed by atoms with Gasteiger partial charge in [-0.2, -0.15) is 9.97 Å². The molecule has 0 saturated carbocycles. The molecule has 4 aliphatic rings. The van der Waals surface area contributed by atoms with E-state index in [9.17, 15) is 4.79 Å². The van der Waals surface area contributed by atoms with Crippen molar-refractivity contribution < 1.29 is 18.7 Å². The lowest BCUT2D eigenvalue weighted by molar-refractivity contribution is 0.0776. The molecule has 0 unspecified atom stereocenters. The zero-order valence-corrected chi connectivity index (χ0v) is 26.7. The maximum Gasteiger partial charge on any atom is 0.410 e. The summed E-state index contributed by atoms with van der Waals surface area (Å²) in [6.45, 7) is 10.4. The summed E-state index contributed by atoms with van der Waals surface area (Å²) in [5.41, 5.74) is 1.87. The summed E-state index contributed by atoms with van der Waals surface area (Å²) < 4.78 is 28.6. The summed E-state index contributed by atoms with van der Waals surface area (Å²) in [5.74, 6) is 0.197. The molecule has 1 amide bonds. The van der Waals surface area contributed by atoms with Crippen LogP contribution in [0.15, 0.2) is 24.5 Å². The number of halogens is 1. The van der Waals surface area contributed by atoms with E-state index in [1.54, 1.807) is 12.4 Å². The number of unbranched alkanes of at least 4 members (excludes halogenated alkanes) is 1. The third-order valence-electron chi connectivity index (χ3n) is 10.3. The molecular formula is C34H44FN7O3. The number of ether oxygens (including phenoxy) is 2. The lowest BCUT2D eigenvalue weighted by Crippen LogP contribution is -2.56. The van der Waals surface area contributed by atoms with Crippen molar-refractivity contribution in [3.8, 4) is 17.3 Å². The minimum absolute atomic E-state index is 0.00208. The smallest absolute Gasteiger partial charge is 0.410 e. The Kier molecular flexibility index (Phi) is 8.22. The maximum atomic E-state index is 16.6. The topological polar surface area (TPSA) is 96.8 Å². The predicted octanol–water partition coefficient (Wildman–Crippen LogP) is 5.95. The minimum atomic E-state index is -0.501. The number of anilines is 1. The Hall–Kier alpha value is -3.60. The molecule has 240 valence electrons. The second-order valence-electron chi connectivity index (χ2n) is 13.5. The van der Waals surface area contributed by atoms with Gasteiger partial charge in [0.05, 0.1) is 35.3 Å². The van der Waals surface area contributed by atoms with Gasteiger partial charge in [-0.15, -0.1) is 0 Å². The first-order chi connectivity index (χ1) is 21.9. The standard InChI is InChI=1S/C34H44FN7O3/c1-4-5-17-44-33(43)42-23-10-11-24(42)20-40(19-23)31-26-18-37-29(25-9-6-14-36-28(25)22(2)3)27(35)30(26)38-32(39-31)45-21-34-12-7-15-41(34)16-8-13-34/h6,9,14,18,22-24H,4-5,7-8,10-13,15-17,19-21H2,1-3H3/t23-,24+. The van der Waals surface area contributed by atoms with Gasteiger partial charge in [-0.25, -0.2) is 9.18 Å². The molecule has 7 rings (SSSR count). The molecule has 2 bridgehead atoms. The lowest BCUT2D eigenvalue weighted by Gasteiger charge is -2.41. The number of aromatic nitrogens is 4. The lowest BCUT2D eigenvalue weighted by atomic mass is 9.95. The van der Waals surface area contributed by atoms with Gasteiger partial charge >= 0.3 is 12.1 Å². The van der Waals surface area contributed by atoms with Gasteiger partial charge in [0, 0.05) is 31.0 Å². The summed E-state index contributed by atoms with van der Waals surface area (Å²) in [5, 5.41) is 0.540. The predicted molar refractivity (Wildman–Crippen MR) is 170 cm³/mol. The zero-order valence-electron chi connectivity index (χ0n) is 26.7. The number of piperazine rings is 1. The van der Waals surface area contributed by atoms with E-state index in [1.807, 2.05) is 30.9 Å². The monoisotopic (exact) mass is 617 g/mol. The Bertz CT molecular complexity index is 1540. The second kappa shape index (κ2) is 12.3. The van der Waals surface area contributed by atoms with Crippen molar-refractivity contribution in [3.05, 3.63) is 36.0 Å². The first-order valence-corrected chi connectivity index (χ1v) is 16.8. The summed E-state index contributed by atoms with van der Waals surface area (Å²) in [6, 6.07) is 3.86. The maximum absolute atomic E-state index is 16.6. The van der Waals surface area contributed by atoms with Crippen LogP contribution >= 0.6 is 0 Å². The Morgan fingerprint density at radius 1 is 1.11 bits per heavy atom. The summed E-state index contributed by atoms with van der Waals surface area (Å²) in [4.78, 5) is 38.4. The van der Waals surface area contributed by atoms with E-state index < -0.39 is 5.82 Å². The van der Waals surface area contributed by atoms with Crippen LogP contribution in [0.4, 0.5) is 15.0 Å². The number of amides is 1. The van der Waals surface area contributed by atoms with E-state index in [4.69, 9.17) is 19.4 Å². The normalized spacial score (nSPS) is 22.4. The highest BCUT2D eigenvalue weighted by Gasteiger charge is 2.46. The molecule has 45 heavy (non-hydrogen) atoms. The second-order valence-corrected chi connectivity index (χ2v) is 13.5. The molecule has 10 nitrogen and oxygen atoms in total. The molecule has 4 aliphatic heterocycles.